The lowest BCUT2D eigenvalue weighted by atomic mass is 10.1. The monoisotopic (exact) mass is 395 g/mol. The molecule has 0 bridgehead atoms. The maximum Gasteiger partial charge on any atom is 0.321 e. The predicted molar refractivity (Wildman–Crippen MR) is 92.9 cm³/mol. The number of imide groups is 1. The zero-order valence-corrected chi connectivity index (χ0v) is 15.3. The van der Waals surface area contributed by atoms with Crippen LogP contribution in [0.15, 0.2) is 28.8 Å². The second-order valence-electron chi connectivity index (χ2n) is 6.05. The van der Waals surface area contributed by atoms with Gasteiger partial charge >= 0.3 is 12.0 Å². The van der Waals surface area contributed by atoms with E-state index in [9.17, 15) is 23.2 Å². The second-order valence-corrected chi connectivity index (χ2v) is 6.05. The van der Waals surface area contributed by atoms with E-state index in [2.05, 4.69) is 10.3 Å². The minimum atomic E-state index is -0.797. The highest BCUT2D eigenvalue weighted by Gasteiger charge is 2.17. The van der Waals surface area contributed by atoms with Crippen molar-refractivity contribution in [2.24, 2.45) is 0 Å². The number of urea groups is 1. The van der Waals surface area contributed by atoms with Crippen LogP contribution in [0.5, 0.6) is 0 Å². The maximum atomic E-state index is 13.7. The number of aryl methyl sites for hydroxylation is 1. The van der Waals surface area contributed by atoms with Crippen LogP contribution in [0.25, 0.3) is 11.3 Å². The van der Waals surface area contributed by atoms with Gasteiger partial charge in [0.25, 0.3) is 5.91 Å². The van der Waals surface area contributed by atoms with Crippen LogP contribution in [0.2, 0.25) is 0 Å². The van der Waals surface area contributed by atoms with Gasteiger partial charge in [0.1, 0.15) is 11.6 Å². The lowest BCUT2D eigenvalue weighted by molar-refractivity contribution is -0.148. The SMILES string of the molecule is CC(C)NC(=O)NC(=O)COC(=O)CCc1ncc(-c2c(F)cccc2F)o1. The molecule has 10 heteroatoms. The molecule has 2 aromatic rings. The number of nitrogens with zero attached hydrogens (tertiary/aromatic N) is 1. The van der Waals surface area contributed by atoms with E-state index >= 15 is 0 Å². The normalized spacial score (nSPS) is 10.6. The third-order valence-electron chi connectivity index (χ3n) is 3.34. The lowest BCUT2D eigenvalue weighted by Crippen LogP contribution is -2.44. The first-order valence-electron chi connectivity index (χ1n) is 8.41. The van der Waals surface area contributed by atoms with Gasteiger partial charge in [-0.15, -0.1) is 0 Å². The molecule has 0 atom stereocenters. The number of halogens is 2. The molecule has 0 unspecified atom stereocenters. The fourth-order valence-electron chi connectivity index (χ4n) is 2.16. The van der Waals surface area contributed by atoms with E-state index in [1.54, 1.807) is 13.8 Å². The number of oxazole rings is 1. The number of benzene rings is 1. The second kappa shape index (κ2) is 9.58. The molecule has 0 saturated heterocycles. The van der Waals surface area contributed by atoms with E-state index < -0.39 is 36.1 Å². The van der Waals surface area contributed by atoms with E-state index in [1.165, 1.54) is 6.07 Å². The van der Waals surface area contributed by atoms with Crippen LogP contribution in [-0.2, 0) is 20.7 Å². The van der Waals surface area contributed by atoms with Crippen molar-refractivity contribution in [2.75, 3.05) is 6.61 Å². The molecule has 8 nitrogen and oxygen atoms in total. The quantitative estimate of drug-likeness (QED) is 0.696. The van der Waals surface area contributed by atoms with Gasteiger partial charge in [0.2, 0.25) is 0 Å². The molecule has 0 spiro atoms. The molecule has 3 amide bonds. The minimum Gasteiger partial charge on any atom is -0.456 e. The number of hydrogen-bond acceptors (Lipinski definition) is 6. The maximum absolute atomic E-state index is 13.7. The summed E-state index contributed by atoms with van der Waals surface area (Å²) in [6.07, 6.45) is 0.985. The van der Waals surface area contributed by atoms with Gasteiger partial charge in [0.15, 0.2) is 18.3 Å². The molecule has 28 heavy (non-hydrogen) atoms. The molecule has 0 radical (unpaired) electrons. The summed E-state index contributed by atoms with van der Waals surface area (Å²) >= 11 is 0. The van der Waals surface area contributed by atoms with Crippen molar-refractivity contribution in [3.05, 3.63) is 41.9 Å². The van der Waals surface area contributed by atoms with E-state index in [0.29, 0.717) is 0 Å². The van der Waals surface area contributed by atoms with Crippen molar-refractivity contribution in [1.82, 2.24) is 15.6 Å². The molecular weight excluding hydrogens is 376 g/mol. The van der Waals surface area contributed by atoms with Gasteiger partial charge in [0, 0.05) is 12.5 Å². The van der Waals surface area contributed by atoms with Gasteiger partial charge in [-0.1, -0.05) is 6.07 Å². The number of carbonyl (C=O) groups is 3. The first-order valence-corrected chi connectivity index (χ1v) is 8.41. The molecule has 1 aromatic heterocycles. The van der Waals surface area contributed by atoms with Crippen LogP contribution < -0.4 is 10.6 Å². The number of hydrogen-bond donors (Lipinski definition) is 2. The minimum absolute atomic E-state index is 0.00432. The van der Waals surface area contributed by atoms with Gasteiger partial charge in [-0.2, -0.15) is 0 Å². The Morgan fingerprint density at radius 1 is 1.21 bits per heavy atom. The Labute approximate surface area is 159 Å². The first-order chi connectivity index (χ1) is 13.3. The molecule has 1 heterocycles. The molecule has 0 aliphatic heterocycles. The highest BCUT2D eigenvalue weighted by atomic mass is 19.1. The smallest absolute Gasteiger partial charge is 0.321 e. The Bertz CT molecular complexity index is 846. The average molecular weight is 395 g/mol. The van der Waals surface area contributed by atoms with Crippen molar-refractivity contribution in [2.45, 2.75) is 32.7 Å². The third-order valence-corrected chi connectivity index (χ3v) is 3.34. The summed E-state index contributed by atoms with van der Waals surface area (Å²) in [6.45, 7) is 2.82. The molecule has 0 saturated carbocycles. The largest absolute Gasteiger partial charge is 0.456 e. The van der Waals surface area contributed by atoms with Gasteiger partial charge in [-0.25, -0.2) is 18.6 Å². The van der Waals surface area contributed by atoms with Crippen LogP contribution >= 0.6 is 0 Å². The summed E-state index contributed by atoms with van der Waals surface area (Å²) in [6, 6.07) is 2.56. The van der Waals surface area contributed by atoms with Gasteiger partial charge < -0.3 is 14.5 Å². The summed E-state index contributed by atoms with van der Waals surface area (Å²) in [5.74, 6) is -3.12. The zero-order chi connectivity index (χ0) is 20.7. The number of ether oxygens (including phenoxy) is 1. The number of rotatable bonds is 7. The summed E-state index contributed by atoms with van der Waals surface area (Å²) in [4.78, 5) is 38.4. The number of amides is 3. The Morgan fingerprint density at radius 3 is 2.54 bits per heavy atom. The van der Waals surface area contributed by atoms with Crippen LogP contribution in [0.1, 0.15) is 26.2 Å². The van der Waals surface area contributed by atoms with E-state index in [4.69, 9.17) is 9.15 Å². The molecule has 1 aromatic carbocycles. The summed E-state index contributed by atoms with van der Waals surface area (Å²) in [5, 5.41) is 4.45. The predicted octanol–water partition coefficient (Wildman–Crippen LogP) is 2.33. The number of nitrogens with one attached hydrogen (secondary N) is 2. The van der Waals surface area contributed by atoms with Gasteiger partial charge in [-0.05, 0) is 26.0 Å². The summed E-state index contributed by atoms with van der Waals surface area (Å²) < 4.78 is 37.5. The third kappa shape index (κ3) is 6.15. The molecule has 0 fully saturated rings. The standard InChI is InChI=1S/C18H19F2N3O5/c1-10(2)22-18(26)23-14(24)9-27-16(25)7-6-15-21-8-13(28-15)17-11(19)4-3-5-12(17)20/h3-5,8,10H,6-7,9H2,1-2H3,(H2,22,23,24,26). The van der Waals surface area contributed by atoms with Crippen LogP contribution in [0, 0.1) is 11.6 Å². The van der Waals surface area contributed by atoms with Crippen molar-refractivity contribution in [1.29, 1.82) is 0 Å². The highest BCUT2D eigenvalue weighted by molar-refractivity contribution is 5.95. The van der Waals surface area contributed by atoms with Crippen LogP contribution in [-0.4, -0.2) is 35.5 Å². The molecular formula is C18H19F2N3O5. The lowest BCUT2D eigenvalue weighted by Gasteiger charge is -2.09. The highest BCUT2D eigenvalue weighted by Crippen LogP contribution is 2.26. The summed E-state index contributed by atoms with van der Waals surface area (Å²) in [5.41, 5.74) is -0.347. The molecule has 2 N–H and O–H groups in total. The topological polar surface area (TPSA) is 111 Å². The fraction of sp³-hybridized carbons (Fsp3) is 0.333. The van der Waals surface area contributed by atoms with Gasteiger partial charge in [-0.3, -0.25) is 14.9 Å². The Kier molecular flexibility index (Phi) is 7.19. The number of aromatic nitrogens is 1. The van der Waals surface area contributed by atoms with Crippen LogP contribution in [0.3, 0.4) is 0 Å². The Hall–Kier alpha value is -3.30. The fourth-order valence-corrected chi connectivity index (χ4v) is 2.16. The van der Waals surface area contributed by atoms with Crippen molar-refractivity contribution < 1.29 is 32.3 Å². The van der Waals surface area contributed by atoms with Crippen molar-refractivity contribution in [3.63, 3.8) is 0 Å². The Morgan fingerprint density at radius 2 is 1.89 bits per heavy atom. The zero-order valence-electron chi connectivity index (χ0n) is 15.3. The van der Waals surface area contributed by atoms with E-state index in [-0.39, 0.29) is 36.1 Å². The van der Waals surface area contributed by atoms with E-state index in [1.807, 2.05) is 5.32 Å². The van der Waals surface area contributed by atoms with Gasteiger partial charge in [0.05, 0.1) is 18.2 Å². The van der Waals surface area contributed by atoms with Crippen molar-refractivity contribution >= 4 is 17.9 Å². The first kappa shape index (κ1) is 21.0. The number of esters is 1. The average Bonchev–Trinajstić information content (AvgIpc) is 3.05. The summed E-state index contributed by atoms with van der Waals surface area (Å²) in [7, 11) is 0. The molecule has 150 valence electrons. The molecule has 0 aliphatic rings. The molecule has 2 rings (SSSR count). The van der Waals surface area contributed by atoms with Crippen LogP contribution in [0.4, 0.5) is 13.6 Å². The Balaban J connectivity index is 1.80. The number of carbonyl (C=O) groups excluding carboxylic acids is 3. The molecule has 0 aliphatic carbocycles. The van der Waals surface area contributed by atoms with Crippen molar-refractivity contribution in [3.8, 4) is 11.3 Å². The van der Waals surface area contributed by atoms with E-state index in [0.717, 1.165) is 18.3 Å².